The number of hydrogen-bond acceptors (Lipinski definition) is 4. The summed E-state index contributed by atoms with van der Waals surface area (Å²) in [6, 6.07) is 6.48. The summed E-state index contributed by atoms with van der Waals surface area (Å²) in [5.41, 5.74) is 1.11. The fourth-order valence-electron chi connectivity index (χ4n) is 3.31. The van der Waals surface area contributed by atoms with Crippen LogP contribution in [0.4, 0.5) is 4.39 Å². The van der Waals surface area contributed by atoms with Crippen molar-refractivity contribution >= 4 is 51.9 Å². The molecule has 1 unspecified atom stereocenters. The molecule has 1 atom stereocenters. The summed E-state index contributed by atoms with van der Waals surface area (Å²) in [7, 11) is 0. The van der Waals surface area contributed by atoms with Crippen molar-refractivity contribution in [2.45, 2.75) is 20.3 Å². The molecule has 2 aromatic carbocycles. The number of aliphatic carboxylic acids is 1. The molecule has 0 saturated heterocycles. The van der Waals surface area contributed by atoms with Crippen LogP contribution in [0.25, 0.3) is 10.9 Å². The van der Waals surface area contributed by atoms with Crippen LogP contribution in [0.1, 0.15) is 28.5 Å². The number of carboxylic acid groups (broad SMARTS) is 1. The molecule has 10 heteroatoms. The van der Waals surface area contributed by atoms with Crippen LogP contribution in [-0.4, -0.2) is 39.1 Å². The molecule has 3 aromatic rings. The molecule has 7 nitrogen and oxygen atoms in total. The molecule has 1 aromatic heterocycles. The number of carbonyl (C=O) groups is 3. The van der Waals surface area contributed by atoms with Gasteiger partial charge in [-0.15, -0.1) is 0 Å². The minimum absolute atomic E-state index is 0.0755. The normalized spacial score (nSPS) is 12.0. The molecule has 168 valence electrons. The molecule has 0 aliphatic rings. The molecular weight excluding hydrogens is 462 g/mol. The number of nitrogens with one attached hydrogen (secondary N) is 1. The average Bonchev–Trinajstić information content (AvgIpc) is 2.98. The van der Waals surface area contributed by atoms with E-state index >= 15 is 0 Å². The van der Waals surface area contributed by atoms with Gasteiger partial charge in [-0.25, -0.2) is 4.39 Å². The summed E-state index contributed by atoms with van der Waals surface area (Å²) in [4.78, 5) is 36.6. The maximum absolute atomic E-state index is 14.2. The van der Waals surface area contributed by atoms with Crippen molar-refractivity contribution in [2.75, 3.05) is 6.54 Å². The Hall–Kier alpha value is -3.10. The Balaban J connectivity index is 2.06. The third-order valence-electron chi connectivity index (χ3n) is 5.14. The number of nitrogens with zero attached hydrogens (tertiary/aromatic N) is 1. The van der Waals surface area contributed by atoms with Crippen LogP contribution < -0.4 is 5.32 Å². The molecule has 1 amide bonds. The number of phenolic OH excluding ortho intramolecular Hbond substituents is 1. The Morgan fingerprint density at radius 3 is 2.47 bits per heavy atom. The van der Waals surface area contributed by atoms with Gasteiger partial charge in [0, 0.05) is 29.3 Å². The van der Waals surface area contributed by atoms with Gasteiger partial charge in [0.2, 0.25) is 5.91 Å². The second kappa shape index (κ2) is 9.18. The lowest BCUT2D eigenvalue weighted by atomic mass is 10.1. The van der Waals surface area contributed by atoms with Crippen LogP contribution >= 0.6 is 23.2 Å². The molecule has 0 bridgehead atoms. The highest BCUT2D eigenvalue weighted by molar-refractivity contribution is 6.42. The van der Waals surface area contributed by atoms with Crippen molar-refractivity contribution in [2.24, 2.45) is 5.92 Å². The third-order valence-corrected chi connectivity index (χ3v) is 5.88. The molecular formula is C22H19Cl2FN2O5. The summed E-state index contributed by atoms with van der Waals surface area (Å²) < 4.78 is 15.4. The van der Waals surface area contributed by atoms with Crippen molar-refractivity contribution in [3.05, 3.63) is 63.0 Å². The van der Waals surface area contributed by atoms with Crippen LogP contribution in [0.15, 0.2) is 30.3 Å². The van der Waals surface area contributed by atoms with E-state index in [0.717, 1.165) is 12.1 Å². The fourth-order valence-corrected chi connectivity index (χ4v) is 3.61. The molecule has 0 spiro atoms. The lowest BCUT2D eigenvalue weighted by molar-refractivity contribution is -0.141. The topological polar surface area (TPSA) is 109 Å². The number of fused-ring (bicyclic) bond motifs is 1. The van der Waals surface area contributed by atoms with Crippen molar-refractivity contribution in [3.63, 3.8) is 0 Å². The van der Waals surface area contributed by atoms with Gasteiger partial charge < -0.3 is 15.5 Å². The lowest BCUT2D eigenvalue weighted by Gasteiger charge is -2.10. The summed E-state index contributed by atoms with van der Waals surface area (Å²) in [5, 5.41) is 22.1. The Bertz CT molecular complexity index is 1260. The van der Waals surface area contributed by atoms with Crippen molar-refractivity contribution in [1.82, 2.24) is 9.88 Å². The van der Waals surface area contributed by atoms with Gasteiger partial charge in [0.05, 0.1) is 27.9 Å². The van der Waals surface area contributed by atoms with E-state index in [1.54, 1.807) is 6.92 Å². The van der Waals surface area contributed by atoms with E-state index in [1.165, 1.54) is 29.7 Å². The molecule has 0 aliphatic heterocycles. The van der Waals surface area contributed by atoms with Gasteiger partial charge in [0.25, 0.3) is 5.91 Å². The van der Waals surface area contributed by atoms with E-state index in [9.17, 15) is 23.9 Å². The molecule has 32 heavy (non-hydrogen) atoms. The highest BCUT2D eigenvalue weighted by Crippen LogP contribution is 2.33. The zero-order valence-corrected chi connectivity index (χ0v) is 18.6. The Kier molecular flexibility index (Phi) is 6.76. The first-order valence-electron chi connectivity index (χ1n) is 9.53. The third kappa shape index (κ3) is 4.56. The number of phenols is 1. The Morgan fingerprint density at radius 2 is 1.84 bits per heavy atom. The van der Waals surface area contributed by atoms with Gasteiger partial charge in [0.15, 0.2) is 11.6 Å². The minimum atomic E-state index is -1.05. The number of aromatic hydroxyl groups is 1. The first-order chi connectivity index (χ1) is 15.0. The number of benzene rings is 2. The zero-order valence-electron chi connectivity index (χ0n) is 17.1. The average molecular weight is 481 g/mol. The summed E-state index contributed by atoms with van der Waals surface area (Å²) >= 11 is 11.9. The van der Waals surface area contributed by atoms with E-state index in [1.807, 2.05) is 0 Å². The smallest absolute Gasteiger partial charge is 0.308 e. The first-order valence-corrected chi connectivity index (χ1v) is 10.3. The first kappa shape index (κ1) is 23.6. The number of carboxylic acids is 1. The van der Waals surface area contributed by atoms with Crippen LogP contribution in [0.5, 0.6) is 5.75 Å². The zero-order chi connectivity index (χ0) is 23.7. The number of amides is 1. The predicted molar refractivity (Wildman–Crippen MR) is 118 cm³/mol. The van der Waals surface area contributed by atoms with Gasteiger partial charge in [-0.2, -0.15) is 0 Å². The van der Waals surface area contributed by atoms with Gasteiger partial charge in [-0.3, -0.25) is 19.0 Å². The Morgan fingerprint density at radius 1 is 1.16 bits per heavy atom. The van der Waals surface area contributed by atoms with E-state index < -0.39 is 35.3 Å². The summed E-state index contributed by atoms with van der Waals surface area (Å²) in [5.74, 6) is -4.39. The number of rotatable bonds is 6. The van der Waals surface area contributed by atoms with Gasteiger partial charge in [-0.1, -0.05) is 30.1 Å². The summed E-state index contributed by atoms with van der Waals surface area (Å²) in [6.45, 7) is 2.97. The van der Waals surface area contributed by atoms with Crippen LogP contribution in [0.2, 0.25) is 10.0 Å². The van der Waals surface area contributed by atoms with E-state index in [2.05, 4.69) is 5.32 Å². The quantitative estimate of drug-likeness (QED) is 0.490. The Labute approximate surface area is 192 Å². The molecule has 0 radical (unpaired) electrons. The van der Waals surface area contributed by atoms with Gasteiger partial charge >= 0.3 is 5.97 Å². The van der Waals surface area contributed by atoms with Crippen LogP contribution in [0, 0.1) is 18.7 Å². The molecule has 0 saturated carbocycles. The number of halogens is 3. The molecule has 0 aliphatic carbocycles. The highest BCUT2D eigenvalue weighted by Gasteiger charge is 2.24. The van der Waals surface area contributed by atoms with E-state index in [4.69, 9.17) is 28.3 Å². The van der Waals surface area contributed by atoms with E-state index in [0.29, 0.717) is 16.6 Å². The predicted octanol–water partition coefficient (Wildman–Crippen LogP) is 4.17. The maximum Gasteiger partial charge on any atom is 0.308 e. The number of hydrogen-bond donors (Lipinski definition) is 3. The van der Waals surface area contributed by atoms with Gasteiger partial charge in [-0.05, 0) is 36.8 Å². The monoisotopic (exact) mass is 480 g/mol. The largest absolute Gasteiger partial charge is 0.505 e. The molecule has 3 rings (SSSR count). The summed E-state index contributed by atoms with van der Waals surface area (Å²) in [6.07, 6.45) is -0.207. The highest BCUT2D eigenvalue weighted by atomic mass is 35.5. The number of carbonyl (C=O) groups excluding carboxylic acids is 2. The van der Waals surface area contributed by atoms with Crippen molar-refractivity contribution in [1.29, 1.82) is 0 Å². The maximum atomic E-state index is 14.2. The standard InChI is InChI=1S/C22H19Cl2FN2O5/c1-10(22(31)32)9-26-20(29)7-13-11(2)27(18-8-17(25)19(28)6-14(13)18)21(30)12-3-4-15(23)16(24)5-12/h3-6,8,10,28H,7,9H2,1-2H3,(H,26,29)(H,31,32). The van der Waals surface area contributed by atoms with Crippen LogP contribution in [0.3, 0.4) is 0 Å². The van der Waals surface area contributed by atoms with Gasteiger partial charge in [0.1, 0.15) is 0 Å². The number of aromatic nitrogens is 1. The second-order valence-corrected chi connectivity index (χ2v) is 8.19. The second-order valence-electron chi connectivity index (χ2n) is 7.37. The molecule has 1 heterocycles. The van der Waals surface area contributed by atoms with Crippen molar-refractivity contribution in [3.8, 4) is 5.75 Å². The molecule has 0 fully saturated rings. The van der Waals surface area contributed by atoms with E-state index in [-0.39, 0.29) is 34.1 Å². The molecule has 3 N–H and O–H groups in total. The van der Waals surface area contributed by atoms with Crippen molar-refractivity contribution < 1.29 is 29.0 Å². The van der Waals surface area contributed by atoms with Crippen LogP contribution in [-0.2, 0) is 16.0 Å². The fraction of sp³-hybridized carbons (Fsp3) is 0.227. The SMILES string of the molecule is Cc1c(CC(=O)NCC(C)C(=O)O)c2cc(O)c(F)cc2n1C(=O)c1ccc(Cl)c(Cl)c1. The lowest BCUT2D eigenvalue weighted by Crippen LogP contribution is -2.32. The minimum Gasteiger partial charge on any atom is -0.505 e.